The number of benzene rings is 1. The van der Waals surface area contributed by atoms with Crippen molar-refractivity contribution in [1.82, 2.24) is 4.90 Å². The highest BCUT2D eigenvalue weighted by atomic mass is 15.1. The number of nitrogens with zero attached hydrogens (tertiary/aromatic N) is 1. The zero-order valence-corrected chi connectivity index (χ0v) is 9.19. The van der Waals surface area contributed by atoms with Crippen LogP contribution in [0.3, 0.4) is 0 Å². The normalized spacial score (nSPS) is 30.3. The summed E-state index contributed by atoms with van der Waals surface area (Å²) in [5.41, 5.74) is 2.99. The van der Waals surface area contributed by atoms with E-state index in [2.05, 4.69) is 48.4 Å². The summed E-state index contributed by atoms with van der Waals surface area (Å²) in [5, 5.41) is 0. The van der Waals surface area contributed by atoms with Gasteiger partial charge in [0.1, 0.15) is 0 Å². The molecule has 0 aromatic heterocycles. The zero-order chi connectivity index (χ0) is 10.3. The Bertz CT molecular complexity index is 380. The fraction of sp³-hybridized carbons (Fsp3) is 0.429. The second-order valence-corrected chi connectivity index (χ2v) is 4.91. The van der Waals surface area contributed by atoms with Crippen molar-refractivity contribution in [2.45, 2.75) is 6.42 Å². The second kappa shape index (κ2) is 3.49. The van der Waals surface area contributed by atoms with Crippen molar-refractivity contribution in [2.75, 3.05) is 20.1 Å². The van der Waals surface area contributed by atoms with Crippen LogP contribution in [0, 0.1) is 11.8 Å². The smallest absolute Gasteiger partial charge is 0.00449 e. The van der Waals surface area contributed by atoms with Gasteiger partial charge in [-0.05, 0) is 36.4 Å². The molecule has 1 fully saturated rings. The van der Waals surface area contributed by atoms with Crippen LogP contribution in [0.25, 0.3) is 5.57 Å². The Balaban J connectivity index is 1.84. The van der Waals surface area contributed by atoms with Crippen LogP contribution < -0.4 is 0 Å². The summed E-state index contributed by atoms with van der Waals surface area (Å²) in [6.45, 7) is 2.53. The van der Waals surface area contributed by atoms with Gasteiger partial charge in [0, 0.05) is 13.1 Å². The van der Waals surface area contributed by atoms with Gasteiger partial charge < -0.3 is 4.90 Å². The third-order valence-corrected chi connectivity index (χ3v) is 3.72. The van der Waals surface area contributed by atoms with Crippen molar-refractivity contribution >= 4 is 5.57 Å². The maximum Gasteiger partial charge on any atom is 0.00449 e. The average molecular weight is 199 g/mol. The SMILES string of the molecule is CN1C[C@H]2CC(c3ccccc3)=C[C@H]2C1. The Kier molecular flexibility index (Phi) is 2.14. The fourth-order valence-corrected chi connectivity index (χ4v) is 3.00. The number of fused-ring (bicyclic) bond motifs is 1. The van der Waals surface area contributed by atoms with E-state index in [1.807, 2.05) is 0 Å². The van der Waals surface area contributed by atoms with E-state index in [0.717, 1.165) is 11.8 Å². The topological polar surface area (TPSA) is 3.24 Å². The van der Waals surface area contributed by atoms with E-state index < -0.39 is 0 Å². The molecule has 1 aliphatic carbocycles. The molecule has 1 aromatic rings. The van der Waals surface area contributed by atoms with Crippen molar-refractivity contribution < 1.29 is 0 Å². The molecule has 0 N–H and O–H groups in total. The molecule has 2 aliphatic rings. The van der Waals surface area contributed by atoms with E-state index >= 15 is 0 Å². The molecule has 1 heterocycles. The molecule has 15 heavy (non-hydrogen) atoms. The molecular formula is C14H17N. The molecule has 2 atom stereocenters. The lowest BCUT2D eigenvalue weighted by atomic mass is 9.98. The first-order chi connectivity index (χ1) is 7.33. The van der Waals surface area contributed by atoms with Crippen molar-refractivity contribution in [2.24, 2.45) is 11.8 Å². The lowest BCUT2D eigenvalue weighted by Crippen LogP contribution is -2.14. The van der Waals surface area contributed by atoms with Gasteiger partial charge in [0.15, 0.2) is 0 Å². The first-order valence-electron chi connectivity index (χ1n) is 5.77. The standard InChI is InChI=1S/C14H17N/c1-15-9-13-7-12(8-14(13)10-15)11-5-3-2-4-6-11/h2-7,13-14H,8-10H2,1H3/t13-,14+/m0/s1. The van der Waals surface area contributed by atoms with Gasteiger partial charge in [-0.15, -0.1) is 0 Å². The van der Waals surface area contributed by atoms with E-state index in [1.165, 1.54) is 25.1 Å². The van der Waals surface area contributed by atoms with Crippen LogP contribution in [-0.4, -0.2) is 25.0 Å². The quantitative estimate of drug-likeness (QED) is 0.672. The van der Waals surface area contributed by atoms with Gasteiger partial charge in [0.05, 0.1) is 0 Å². The molecule has 3 rings (SSSR count). The summed E-state index contributed by atoms with van der Waals surface area (Å²) in [6, 6.07) is 10.8. The maximum atomic E-state index is 2.50. The molecule has 0 spiro atoms. The molecule has 1 aliphatic heterocycles. The van der Waals surface area contributed by atoms with E-state index in [4.69, 9.17) is 0 Å². The molecule has 0 saturated carbocycles. The van der Waals surface area contributed by atoms with Crippen molar-refractivity contribution in [3.63, 3.8) is 0 Å². The number of hydrogen-bond donors (Lipinski definition) is 0. The fourth-order valence-electron chi connectivity index (χ4n) is 3.00. The zero-order valence-electron chi connectivity index (χ0n) is 9.19. The minimum atomic E-state index is 0.810. The van der Waals surface area contributed by atoms with Gasteiger partial charge in [-0.25, -0.2) is 0 Å². The van der Waals surface area contributed by atoms with Crippen molar-refractivity contribution in [3.05, 3.63) is 42.0 Å². The van der Waals surface area contributed by atoms with Crippen LogP contribution in [0.5, 0.6) is 0 Å². The van der Waals surface area contributed by atoms with Gasteiger partial charge in [-0.3, -0.25) is 0 Å². The van der Waals surface area contributed by atoms with Gasteiger partial charge in [0.25, 0.3) is 0 Å². The highest BCUT2D eigenvalue weighted by Gasteiger charge is 2.34. The van der Waals surface area contributed by atoms with Crippen LogP contribution in [0.15, 0.2) is 36.4 Å². The molecular weight excluding hydrogens is 182 g/mol. The first-order valence-corrected chi connectivity index (χ1v) is 5.77. The van der Waals surface area contributed by atoms with Crippen LogP contribution in [0.2, 0.25) is 0 Å². The van der Waals surface area contributed by atoms with Crippen molar-refractivity contribution in [3.8, 4) is 0 Å². The van der Waals surface area contributed by atoms with Crippen LogP contribution in [-0.2, 0) is 0 Å². The summed E-state index contributed by atoms with van der Waals surface area (Å²) in [4.78, 5) is 2.45. The Morgan fingerprint density at radius 2 is 1.93 bits per heavy atom. The molecule has 1 nitrogen and oxygen atoms in total. The molecule has 0 radical (unpaired) electrons. The van der Waals surface area contributed by atoms with Gasteiger partial charge >= 0.3 is 0 Å². The number of allylic oxidation sites excluding steroid dienone is 1. The highest BCUT2D eigenvalue weighted by Crippen LogP contribution is 2.40. The lowest BCUT2D eigenvalue weighted by molar-refractivity contribution is 0.395. The second-order valence-electron chi connectivity index (χ2n) is 4.91. The molecule has 0 unspecified atom stereocenters. The summed E-state index contributed by atoms with van der Waals surface area (Å²) in [5.74, 6) is 1.69. The van der Waals surface area contributed by atoms with E-state index in [-0.39, 0.29) is 0 Å². The van der Waals surface area contributed by atoms with Crippen LogP contribution in [0.1, 0.15) is 12.0 Å². The summed E-state index contributed by atoms with van der Waals surface area (Å²) in [6.07, 6.45) is 3.78. The summed E-state index contributed by atoms with van der Waals surface area (Å²) in [7, 11) is 2.23. The molecule has 1 aromatic carbocycles. The average Bonchev–Trinajstić information content (AvgIpc) is 2.76. The largest absolute Gasteiger partial charge is 0.305 e. The van der Waals surface area contributed by atoms with E-state index in [1.54, 1.807) is 5.57 Å². The van der Waals surface area contributed by atoms with Crippen LogP contribution >= 0.6 is 0 Å². The minimum absolute atomic E-state index is 0.810. The summed E-state index contributed by atoms with van der Waals surface area (Å²) >= 11 is 0. The Morgan fingerprint density at radius 3 is 2.67 bits per heavy atom. The third-order valence-electron chi connectivity index (χ3n) is 3.72. The Morgan fingerprint density at radius 1 is 1.13 bits per heavy atom. The van der Waals surface area contributed by atoms with E-state index in [0.29, 0.717) is 0 Å². The highest BCUT2D eigenvalue weighted by molar-refractivity contribution is 5.68. The van der Waals surface area contributed by atoms with Gasteiger partial charge in [0.2, 0.25) is 0 Å². The molecule has 1 saturated heterocycles. The lowest BCUT2D eigenvalue weighted by Gasteiger charge is -2.09. The predicted octanol–water partition coefficient (Wildman–Crippen LogP) is 2.65. The predicted molar refractivity (Wildman–Crippen MR) is 63.5 cm³/mol. The maximum absolute atomic E-state index is 2.50. The van der Waals surface area contributed by atoms with Gasteiger partial charge in [-0.2, -0.15) is 0 Å². The Hall–Kier alpha value is -1.08. The molecule has 1 heteroatoms. The third kappa shape index (κ3) is 1.61. The number of likely N-dealkylation sites (tertiary alicyclic amines) is 1. The molecule has 78 valence electrons. The number of rotatable bonds is 1. The monoisotopic (exact) mass is 199 g/mol. The minimum Gasteiger partial charge on any atom is -0.305 e. The van der Waals surface area contributed by atoms with E-state index in [9.17, 15) is 0 Å². The van der Waals surface area contributed by atoms with Gasteiger partial charge in [-0.1, -0.05) is 36.4 Å². The summed E-state index contributed by atoms with van der Waals surface area (Å²) < 4.78 is 0. The van der Waals surface area contributed by atoms with Crippen LogP contribution in [0.4, 0.5) is 0 Å². The molecule has 0 bridgehead atoms. The van der Waals surface area contributed by atoms with Crippen molar-refractivity contribution in [1.29, 1.82) is 0 Å². The molecule has 0 amide bonds. The Labute approximate surface area is 91.4 Å². The number of hydrogen-bond acceptors (Lipinski definition) is 1. The first kappa shape index (κ1) is 9.17.